The third kappa shape index (κ3) is 3.75. The SMILES string of the molecule is Cn1c(=O)n(C)c2cc(N3CCCC3)c(N=Cc3c(O)n(-c4ccccc4Cl)c(=O)[nH]c3=O)cc21. The van der Waals surface area contributed by atoms with Crippen LogP contribution in [0.5, 0.6) is 5.88 Å². The smallest absolute Gasteiger partial charge is 0.335 e. The molecule has 0 unspecified atom stereocenters. The van der Waals surface area contributed by atoms with Gasteiger partial charge in [0.25, 0.3) is 5.56 Å². The van der Waals surface area contributed by atoms with Gasteiger partial charge in [0.1, 0.15) is 5.56 Å². The van der Waals surface area contributed by atoms with Crippen LogP contribution in [0.1, 0.15) is 18.4 Å². The van der Waals surface area contributed by atoms with Crippen LogP contribution < -0.4 is 21.8 Å². The molecule has 0 radical (unpaired) electrons. The molecular weight excluding hydrogens is 472 g/mol. The number of rotatable bonds is 4. The molecular formula is C24H23ClN6O4. The summed E-state index contributed by atoms with van der Waals surface area (Å²) in [6.07, 6.45) is 3.30. The van der Waals surface area contributed by atoms with Crippen molar-refractivity contribution in [2.75, 3.05) is 18.0 Å². The molecule has 4 aromatic rings. The number of para-hydroxylation sites is 1. The Balaban J connectivity index is 1.69. The number of fused-ring (bicyclic) bond motifs is 1. The van der Waals surface area contributed by atoms with Gasteiger partial charge < -0.3 is 10.0 Å². The fourth-order valence-corrected chi connectivity index (χ4v) is 4.70. The lowest BCUT2D eigenvalue weighted by Crippen LogP contribution is -2.31. The first-order valence-electron chi connectivity index (χ1n) is 11.1. The first-order valence-corrected chi connectivity index (χ1v) is 11.5. The molecule has 0 bridgehead atoms. The van der Waals surface area contributed by atoms with Crippen LogP contribution in [0.15, 0.2) is 55.8 Å². The normalized spacial score (nSPS) is 14.0. The molecule has 0 spiro atoms. The van der Waals surface area contributed by atoms with Gasteiger partial charge in [-0.25, -0.2) is 14.2 Å². The Kier molecular flexibility index (Phi) is 5.60. The van der Waals surface area contributed by atoms with Gasteiger partial charge in [-0.2, -0.15) is 0 Å². The van der Waals surface area contributed by atoms with Crippen molar-refractivity contribution >= 4 is 40.2 Å². The van der Waals surface area contributed by atoms with E-state index in [1.165, 1.54) is 10.8 Å². The molecule has 35 heavy (non-hydrogen) atoms. The number of benzene rings is 2. The summed E-state index contributed by atoms with van der Waals surface area (Å²) < 4.78 is 4.04. The molecule has 2 aromatic heterocycles. The molecule has 0 saturated carbocycles. The number of imidazole rings is 1. The van der Waals surface area contributed by atoms with E-state index in [1.807, 2.05) is 6.07 Å². The van der Waals surface area contributed by atoms with Gasteiger partial charge in [-0.1, -0.05) is 23.7 Å². The van der Waals surface area contributed by atoms with Crippen LogP contribution in [0.2, 0.25) is 5.02 Å². The van der Waals surface area contributed by atoms with Crippen molar-refractivity contribution in [3.05, 3.63) is 78.3 Å². The molecule has 1 fully saturated rings. The highest BCUT2D eigenvalue weighted by Crippen LogP contribution is 2.35. The standard InChI is InChI=1S/C24H23ClN6O4/c1-28-19-11-16(18(30-9-5-6-10-30)12-20(19)29(2)24(28)35)26-13-14-21(32)27-23(34)31(22(14)33)17-8-4-3-7-15(17)25/h3-4,7-8,11-13,33H,5-6,9-10H2,1-2H3,(H,27,32,34). The molecule has 1 aliphatic heterocycles. The third-order valence-corrected chi connectivity index (χ3v) is 6.68. The van der Waals surface area contributed by atoms with Crippen LogP contribution in [-0.2, 0) is 14.1 Å². The minimum absolute atomic E-state index is 0.158. The van der Waals surface area contributed by atoms with Gasteiger partial charge >= 0.3 is 11.4 Å². The highest BCUT2D eigenvalue weighted by atomic mass is 35.5. The fraction of sp³-hybridized carbons (Fsp3) is 0.250. The van der Waals surface area contributed by atoms with E-state index >= 15 is 0 Å². The van der Waals surface area contributed by atoms with Crippen LogP contribution in [0.25, 0.3) is 16.7 Å². The van der Waals surface area contributed by atoms with Crippen molar-refractivity contribution in [1.82, 2.24) is 18.7 Å². The largest absolute Gasteiger partial charge is 0.493 e. The predicted octanol–water partition coefficient (Wildman–Crippen LogP) is 2.43. The van der Waals surface area contributed by atoms with E-state index in [-0.39, 0.29) is 22.0 Å². The summed E-state index contributed by atoms with van der Waals surface area (Å²) in [6.45, 7) is 1.69. The Morgan fingerprint density at radius 3 is 2.34 bits per heavy atom. The minimum Gasteiger partial charge on any atom is -0.493 e. The zero-order valence-corrected chi connectivity index (χ0v) is 19.9. The number of hydrogen-bond donors (Lipinski definition) is 2. The predicted molar refractivity (Wildman–Crippen MR) is 136 cm³/mol. The molecule has 0 aliphatic carbocycles. The number of aromatic nitrogens is 4. The molecule has 0 atom stereocenters. The van der Waals surface area contributed by atoms with E-state index in [0.717, 1.165) is 41.7 Å². The number of nitrogens with zero attached hydrogens (tertiary/aromatic N) is 5. The Hall–Kier alpha value is -4.05. The van der Waals surface area contributed by atoms with Gasteiger partial charge in [-0.15, -0.1) is 0 Å². The highest BCUT2D eigenvalue weighted by Gasteiger charge is 2.20. The van der Waals surface area contributed by atoms with Crippen LogP contribution in [0.4, 0.5) is 11.4 Å². The number of aromatic amines is 1. The summed E-state index contributed by atoms with van der Waals surface area (Å²) in [6, 6.07) is 10.2. The number of aromatic hydroxyl groups is 1. The van der Waals surface area contributed by atoms with Crippen molar-refractivity contribution in [3.63, 3.8) is 0 Å². The highest BCUT2D eigenvalue weighted by molar-refractivity contribution is 6.32. The van der Waals surface area contributed by atoms with E-state index < -0.39 is 17.1 Å². The third-order valence-electron chi connectivity index (χ3n) is 6.36. The first-order chi connectivity index (χ1) is 16.8. The molecule has 3 heterocycles. The maximum atomic E-state index is 12.6. The average Bonchev–Trinajstić information content (AvgIpc) is 3.44. The molecule has 11 heteroatoms. The summed E-state index contributed by atoms with van der Waals surface area (Å²) in [4.78, 5) is 46.5. The first kappa shape index (κ1) is 22.7. The fourth-order valence-electron chi connectivity index (χ4n) is 4.48. The number of H-pyrrole nitrogens is 1. The zero-order chi connectivity index (χ0) is 24.9. The molecule has 0 amide bonds. The van der Waals surface area contributed by atoms with Gasteiger partial charge in [0, 0.05) is 33.4 Å². The second-order valence-corrected chi connectivity index (χ2v) is 8.87. The quantitative estimate of drug-likeness (QED) is 0.422. The Morgan fingerprint density at radius 1 is 1.00 bits per heavy atom. The summed E-state index contributed by atoms with van der Waals surface area (Å²) in [5.74, 6) is -0.577. The minimum atomic E-state index is -0.823. The van der Waals surface area contributed by atoms with Crippen molar-refractivity contribution in [2.45, 2.75) is 12.8 Å². The van der Waals surface area contributed by atoms with E-state index in [2.05, 4.69) is 14.9 Å². The topological polar surface area (TPSA) is 118 Å². The molecule has 1 aliphatic rings. The Bertz CT molecular complexity index is 1670. The van der Waals surface area contributed by atoms with E-state index in [4.69, 9.17) is 11.6 Å². The summed E-state index contributed by atoms with van der Waals surface area (Å²) >= 11 is 6.21. The number of anilines is 1. The lowest BCUT2D eigenvalue weighted by atomic mass is 10.2. The van der Waals surface area contributed by atoms with Crippen LogP contribution in [0.3, 0.4) is 0 Å². The zero-order valence-electron chi connectivity index (χ0n) is 19.2. The summed E-state index contributed by atoms with van der Waals surface area (Å²) in [5, 5.41) is 11.1. The Morgan fingerprint density at radius 2 is 1.66 bits per heavy atom. The number of nitrogens with one attached hydrogen (secondary N) is 1. The van der Waals surface area contributed by atoms with E-state index in [9.17, 15) is 19.5 Å². The number of halogens is 1. The second kappa shape index (κ2) is 8.62. The molecule has 1 saturated heterocycles. The van der Waals surface area contributed by atoms with Crippen LogP contribution in [0, 0.1) is 0 Å². The molecule has 5 rings (SSSR count). The summed E-state index contributed by atoms with van der Waals surface area (Å²) in [5.41, 5.74) is 1.08. The van der Waals surface area contributed by atoms with Gasteiger partial charge in [0.2, 0.25) is 5.88 Å². The van der Waals surface area contributed by atoms with E-state index in [1.54, 1.807) is 49.0 Å². The Labute approximate surface area is 204 Å². The van der Waals surface area contributed by atoms with Crippen LogP contribution in [-0.4, -0.2) is 43.1 Å². The second-order valence-electron chi connectivity index (χ2n) is 8.47. The molecule has 10 nitrogen and oxygen atoms in total. The number of hydrogen-bond acceptors (Lipinski definition) is 6. The monoisotopic (exact) mass is 494 g/mol. The lowest BCUT2D eigenvalue weighted by molar-refractivity contribution is 0.430. The maximum absolute atomic E-state index is 12.6. The van der Waals surface area contributed by atoms with Crippen molar-refractivity contribution in [2.24, 2.45) is 19.1 Å². The lowest BCUT2D eigenvalue weighted by Gasteiger charge is -2.20. The summed E-state index contributed by atoms with van der Waals surface area (Å²) in [7, 11) is 3.40. The van der Waals surface area contributed by atoms with E-state index in [0.29, 0.717) is 11.2 Å². The number of aryl methyl sites for hydroxylation is 2. The maximum Gasteiger partial charge on any atom is 0.335 e. The van der Waals surface area contributed by atoms with Crippen LogP contribution >= 0.6 is 11.6 Å². The molecule has 2 aromatic carbocycles. The average molecular weight is 495 g/mol. The van der Waals surface area contributed by atoms with Gasteiger partial charge in [-0.05, 0) is 37.1 Å². The van der Waals surface area contributed by atoms with Gasteiger partial charge in [0.05, 0.1) is 33.1 Å². The molecule has 180 valence electrons. The van der Waals surface area contributed by atoms with Gasteiger partial charge in [-0.3, -0.25) is 23.9 Å². The molecule has 2 N–H and O–H groups in total. The number of aliphatic imine (C=N–C) groups is 1. The van der Waals surface area contributed by atoms with Crippen molar-refractivity contribution in [1.29, 1.82) is 0 Å². The van der Waals surface area contributed by atoms with Gasteiger partial charge in [0.15, 0.2) is 0 Å². The van der Waals surface area contributed by atoms with Crippen molar-refractivity contribution in [3.8, 4) is 11.6 Å². The van der Waals surface area contributed by atoms with Crippen molar-refractivity contribution < 1.29 is 5.11 Å².